The number of halogens is 1. The molecule has 2 saturated carbocycles. The van der Waals surface area contributed by atoms with E-state index in [2.05, 4.69) is 39.7 Å². The van der Waals surface area contributed by atoms with Gasteiger partial charge in [0.2, 0.25) is 0 Å². The highest BCUT2D eigenvalue weighted by Gasteiger charge is 2.62. The van der Waals surface area contributed by atoms with E-state index in [0.717, 1.165) is 29.4 Å². The fourth-order valence-electron chi connectivity index (χ4n) is 4.09. The van der Waals surface area contributed by atoms with Crippen molar-refractivity contribution >= 4 is 31.7 Å². The van der Waals surface area contributed by atoms with E-state index in [1.165, 1.54) is 6.42 Å². The van der Waals surface area contributed by atoms with E-state index >= 15 is 0 Å². The minimum Gasteiger partial charge on any atom is -0.200 e. The predicted molar refractivity (Wildman–Crippen MR) is 96.3 cm³/mol. The van der Waals surface area contributed by atoms with Crippen LogP contribution in [0, 0.1) is 23.7 Å². The van der Waals surface area contributed by atoms with Crippen molar-refractivity contribution in [2.45, 2.75) is 44.9 Å². The number of nitrogens with one attached hydrogen (secondary N) is 1. The van der Waals surface area contributed by atoms with E-state index in [0.29, 0.717) is 5.92 Å². The topological polar surface area (TPSA) is 58.5 Å². The zero-order valence-corrected chi connectivity index (χ0v) is 16.2. The van der Waals surface area contributed by atoms with Crippen molar-refractivity contribution in [1.29, 1.82) is 0 Å². The Morgan fingerprint density at radius 2 is 1.96 bits per heavy atom. The SMILES string of the molecule is Cc1ccc(S(=O)(=O)N/N=C2/C[C@@H]3CC[C@]2(C)[C@@]3(C)CBr)cc1. The van der Waals surface area contributed by atoms with Crippen molar-refractivity contribution in [2.24, 2.45) is 21.8 Å². The standard InChI is InChI=1S/C17H23BrN2O2S/c1-12-4-6-14(7-5-12)23(21,22)20-19-15-10-13-8-9-16(15,2)17(13,3)11-18/h4-7,13,20H,8-11H2,1-3H3/b19-15-/t13-,16-,17-/m0/s1. The maximum Gasteiger partial charge on any atom is 0.276 e. The Bertz CT molecular complexity index is 744. The number of hydrazone groups is 1. The summed E-state index contributed by atoms with van der Waals surface area (Å²) in [5.74, 6) is 0.578. The second-order valence-electron chi connectivity index (χ2n) is 7.29. The van der Waals surface area contributed by atoms with Gasteiger partial charge in [0, 0.05) is 16.5 Å². The summed E-state index contributed by atoms with van der Waals surface area (Å²) in [6.07, 6.45) is 3.15. The van der Waals surface area contributed by atoms with Crippen molar-refractivity contribution in [3.8, 4) is 0 Å². The molecule has 2 aliphatic rings. The molecule has 3 rings (SSSR count). The van der Waals surface area contributed by atoms with Crippen molar-refractivity contribution in [1.82, 2.24) is 4.83 Å². The maximum atomic E-state index is 12.4. The van der Waals surface area contributed by atoms with E-state index in [1.54, 1.807) is 24.3 Å². The van der Waals surface area contributed by atoms with Crippen LogP contribution >= 0.6 is 15.9 Å². The first kappa shape index (κ1) is 17.0. The van der Waals surface area contributed by atoms with E-state index in [-0.39, 0.29) is 15.7 Å². The highest BCUT2D eigenvalue weighted by atomic mass is 79.9. The lowest BCUT2D eigenvalue weighted by atomic mass is 9.70. The van der Waals surface area contributed by atoms with E-state index < -0.39 is 10.0 Å². The molecule has 0 aromatic heterocycles. The molecule has 1 N–H and O–H groups in total. The second-order valence-corrected chi connectivity index (χ2v) is 9.51. The summed E-state index contributed by atoms with van der Waals surface area (Å²) in [6, 6.07) is 6.82. The van der Waals surface area contributed by atoms with Crippen LogP contribution in [0.2, 0.25) is 0 Å². The van der Waals surface area contributed by atoms with Crippen molar-refractivity contribution in [3.63, 3.8) is 0 Å². The molecule has 0 radical (unpaired) electrons. The van der Waals surface area contributed by atoms with Gasteiger partial charge < -0.3 is 0 Å². The Kier molecular flexibility index (Phi) is 4.12. The van der Waals surface area contributed by atoms with Crippen LogP contribution in [0.25, 0.3) is 0 Å². The van der Waals surface area contributed by atoms with Gasteiger partial charge in [-0.15, -0.1) is 0 Å². The van der Waals surface area contributed by atoms with E-state index in [4.69, 9.17) is 0 Å². The lowest BCUT2D eigenvalue weighted by molar-refractivity contribution is 0.203. The van der Waals surface area contributed by atoms with Crippen LogP contribution in [-0.2, 0) is 10.0 Å². The minimum absolute atomic E-state index is 0.0308. The number of aryl methyl sites for hydroxylation is 1. The van der Waals surface area contributed by atoms with Crippen molar-refractivity contribution in [2.75, 3.05) is 5.33 Å². The van der Waals surface area contributed by atoms with Gasteiger partial charge in [-0.3, -0.25) is 0 Å². The third kappa shape index (κ3) is 2.54. The first-order valence-corrected chi connectivity index (χ1v) is 10.5. The van der Waals surface area contributed by atoms with E-state index in [9.17, 15) is 8.42 Å². The summed E-state index contributed by atoms with van der Waals surface area (Å²) >= 11 is 3.66. The summed E-state index contributed by atoms with van der Waals surface area (Å²) in [5.41, 5.74) is 2.15. The highest BCUT2D eigenvalue weighted by Crippen LogP contribution is 2.64. The lowest BCUT2D eigenvalue weighted by Crippen LogP contribution is -2.37. The zero-order valence-electron chi connectivity index (χ0n) is 13.8. The number of fused-ring (bicyclic) bond motifs is 2. The number of alkyl halides is 1. The number of nitrogens with zero attached hydrogens (tertiary/aromatic N) is 1. The highest BCUT2D eigenvalue weighted by molar-refractivity contribution is 9.09. The Morgan fingerprint density at radius 1 is 1.30 bits per heavy atom. The largest absolute Gasteiger partial charge is 0.276 e. The van der Waals surface area contributed by atoms with E-state index in [1.807, 2.05) is 6.92 Å². The Balaban J connectivity index is 1.85. The quantitative estimate of drug-likeness (QED) is 0.618. The van der Waals surface area contributed by atoms with Gasteiger partial charge in [-0.1, -0.05) is 47.5 Å². The summed E-state index contributed by atoms with van der Waals surface area (Å²) in [5, 5.41) is 5.27. The first-order valence-electron chi connectivity index (χ1n) is 7.94. The molecule has 2 bridgehead atoms. The Hall–Kier alpha value is -0.880. The predicted octanol–water partition coefficient (Wildman–Crippen LogP) is 3.85. The molecule has 0 saturated heterocycles. The molecule has 3 atom stereocenters. The monoisotopic (exact) mass is 398 g/mol. The Labute approximate surface area is 146 Å². The summed E-state index contributed by atoms with van der Waals surface area (Å²) < 4.78 is 24.8. The third-order valence-corrected chi connectivity index (χ3v) is 8.53. The van der Waals surface area contributed by atoms with Gasteiger partial charge in [0.25, 0.3) is 10.0 Å². The van der Waals surface area contributed by atoms with Crippen LogP contribution in [0.5, 0.6) is 0 Å². The van der Waals surface area contributed by atoms with Gasteiger partial charge in [-0.05, 0) is 49.7 Å². The van der Waals surface area contributed by atoms with Crippen molar-refractivity contribution in [3.05, 3.63) is 29.8 Å². The number of sulfonamides is 1. The van der Waals surface area contributed by atoms with Gasteiger partial charge in [0.15, 0.2) is 0 Å². The normalized spacial score (nSPS) is 35.0. The molecule has 0 unspecified atom stereocenters. The molecule has 1 aromatic rings. The fourth-order valence-corrected chi connectivity index (χ4v) is 6.00. The van der Waals surface area contributed by atoms with Gasteiger partial charge in [-0.25, -0.2) is 4.83 Å². The minimum atomic E-state index is -3.60. The second kappa shape index (κ2) is 5.59. The Morgan fingerprint density at radius 3 is 2.52 bits per heavy atom. The van der Waals surface area contributed by atoms with Gasteiger partial charge in [0.05, 0.1) is 4.90 Å². The first-order chi connectivity index (χ1) is 10.7. The molecule has 0 aliphatic heterocycles. The molecule has 4 nitrogen and oxygen atoms in total. The number of hydrogen-bond donors (Lipinski definition) is 1. The molecule has 2 fully saturated rings. The van der Waals surface area contributed by atoms with Crippen molar-refractivity contribution < 1.29 is 8.42 Å². The van der Waals surface area contributed by atoms with Crippen LogP contribution in [0.1, 0.15) is 38.7 Å². The molecule has 6 heteroatoms. The van der Waals surface area contributed by atoms with Gasteiger partial charge >= 0.3 is 0 Å². The van der Waals surface area contributed by atoms with Gasteiger partial charge in [0.1, 0.15) is 0 Å². The summed E-state index contributed by atoms with van der Waals surface area (Å²) in [6.45, 7) is 6.44. The van der Waals surface area contributed by atoms with Crippen LogP contribution < -0.4 is 4.83 Å². The van der Waals surface area contributed by atoms with Crippen LogP contribution in [0.4, 0.5) is 0 Å². The average molecular weight is 399 g/mol. The summed E-state index contributed by atoms with van der Waals surface area (Å²) in [4.78, 5) is 2.71. The third-order valence-electron chi connectivity index (χ3n) is 6.14. The number of rotatable bonds is 4. The fraction of sp³-hybridized carbons (Fsp3) is 0.588. The average Bonchev–Trinajstić information content (AvgIpc) is 2.89. The summed E-state index contributed by atoms with van der Waals surface area (Å²) in [7, 11) is -3.60. The lowest BCUT2D eigenvalue weighted by Gasteiger charge is -2.36. The number of hydrogen-bond acceptors (Lipinski definition) is 3. The zero-order chi connectivity index (χ0) is 16.9. The van der Waals surface area contributed by atoms with Crippen LogP contribution in [0.3, 0.4) is 0 Å². The molecule has 126 valence electrons. The van der Waals surface area contributed by atoms with Crippen LogP contribution in [-0.4, -0.2) is 19.5 Å². The molecular weight excluding hydrogens is 376 g/mol. The molecule has 0 amide bonds. The van der Waals surface area contributed by atoms with Crippen LogP contribution in [0.15, 0.2) is 34.3 Å². The molecule has 2 aliphatic carbocycles. The maximum absolute atomic E-state index is 12.4. The molecular formula is C17H23BrN2O2S. The number of benzene rings is 1. The molecule has 23 heavy (non-hydrogen) atoms. The molecule has 1 aromatic carbocycles. The van der Waals surface area contributed by atoms with Gasteiger partial charge in [-0.2, -0.15) is 13.5 Å². The molecule has 0 heterocycles. The molecule has 0 spiro atoms. The smallest absolute Gasteiger partial charge is 0.200 e.